The van der Waals surface area contributed by atoms with E-state index in [1.54, 1.807) is 20.3 Å². The molecule has 35 heavy (non-hydrogen) atoms. The lowest BCUT2D eigenvalue weighted by Crippen LogP contribution is -2.50. The van der Waals surface area contributed by atoms with E-state index >= 15 is 0 Å². The van der Waals surface area contributed by atoms with Gasteiger partial charge in [0.15, 0.2) is 17.8 Å². The fourth-order valence-corrected chi connectivity index (χ4v) is 5.15. The molecule has 8 nitrogen and oxygen atoms in total. The summed E-state index contributed by atoms with van der Waals surface area (Å²) in [5.41, 5.74) is 3.29. The summed E-state index contributed by atoms with van der Waals surface area (Å²) in [6.45, 7) is 5.84. The number of carbonyl (C=O) groups excluding carboxylic acids is 2. The second kappa shape index (κ2) is 11.1. The molecule has 0 unspecified atom stereocenters. The Hall–Kier alpha value is -3.10. The first kappa shape index (κ1) is 25.0. The smallest absolute Gasteiger partial charge is 0.254 e. The van der Waals surface area contributed by atoms with Crippen molar-refractivity contribution in [3.8, 4) is 11.5 Å². The largest absolute Gasteiger partial charge is 0.493 e. The molecule has 0 aliphatic carbocycles. The molecule has 2 aromatic rings. The van der Waals surface area contributed by atoms with E-state index in [9.17, 15) is 9.59 Å². The van der Waals surface area contributed by atoms with Crippen molar-refractivity contribution >= 4 is 11.8 Å². The number of methoxy groups -OCH3 is 2. The maximum Gasteiger partial charge on any atom is 0.254 e. The van der Waals surface area contributed by atoms with E-state index < -0.39 is 12.0 Å². The number of fused-ring (bicyclic) bond motifs is 4. The molecule has 2 atom stereocenters. The Labute approximate surface area is 206 Å². The summed E-state index contributed by atoms with van der Waals surface area (Å²) in [6, 6.07) is 10.8. The van der Waals surface area contributed by atoms with Crippen LogP contribution in [0.1, 0.15) is 59.3 Å². The molecule has 2 amide bonds. The SMILES string of the molecule is CCOC(CCNC(=O)[C@@H]1c2ccccc2C(=O)N2CCc3cc(OC)c(OC)cc3[C@H]12)OCC. The molecule has 8 heteroatoms. The van der Waals surface area contributed by atoms with E-state index in [4.69, 9.17) is 18.9 Å². The number of hydrogen-bond donors (Lipinski definition) is 1. The van der Waals surface area contributed by atoms with Crippen LogP contribution in [0, 0.1) is 0 Å². The Morgan fingerprint density at radius 1 is 1.06 bits per heavy atom. The molecule has 2 aliphatic heterocycles. The van der Waals surface area contributed by atoms with Gasteiger partial charge in [-0.1, -0.05) is 18.2 Å². The third-order valence-corrected chi connectivity index (χ3v) is 6.69. The Bertz CT molecular complexity index is 1070. The highest BCUT2D eigenvalue weighted by atomic mass is 16.7. The van der Waals surface area contributed by atoms with Gasteiger partial charge in [-0.3, -0.25) is 9.59 Å². The van der Waals surface area contributed by atoms with Gasteiger partial charge >= 0.3 is 0 Å². The van der Waals surface area contributed by atoms with Gasteiger partial charge in [0.1, 0.15) is 0 Å². The van der Waals surface area contributed by atoms with E-state index in [0.717, 1.165) is 16.7 Å². The van der Waals surface area contributed by atoms with Crippen molar-refractivity contribution in [3.05, 3.63) is 58.7 Å². The van der Waals surface area contributed by atoms with E-state index in [-0.39, 0.29) is 18.1 Å². The second-order valence-electron chi connectivity index (χ2n) is 8.58. The molecule has 188 valence electrons. The first-order chi connectivity index (χ1) is 17.0. The van der Waals surface area contributed by atoms with Crippen LogP contribution in [0.15, 0.2) is 36.4 Å². The minimum atomic E-state index is -0.557. The Balaban J connectivity index is 1.69. The van der Waals surface area contributed by atoms with Gasteiger partial charge in [0.25, 0.3) is 5.91 Å². The molecule has 0 aromatic heterocycles. The van der Waals surface area contributed by atoms with E-state index in [1.165, 1.54) is 0 Å². The van der Waals surface area contributed by atoms with E-state index in [0.29, 0.717) is 56.2 Å². The number of benzene rings is 2. The molecule has 0 saturated heterocycles. The van der Waals surface area contributed by atoms with Gasteiger partial charge < -0.3 is 29.2 Å². The molecular formula is C27H34N2O6. The van der Waals surface area contributed by atoms with Crippen molar-refractivity contribution in [2.75, 3.05) is 40.5 Å². The zero-order valence-corrected chi connectivity index (χ0v) is 20.8. The zero-order valence-electron chi connectivity index (χ0n) is 20.8. The van der Waals surface area contributed by atoms with E-state index in [1.807, 2.05) is 49.1 Å². The number of amides is 2. The van der Waals surface area contributed by atoms with Crippen molar-refractivity contribution in [2.24, 2.45) is 0 Å². The highest BCUT2D eigenvalue weighted by molar-refractivity contribution is 6.01. The highest BCUT2D eigenvalue weighted by Gasteiger charge is 2.46. The third-order valence-electron chi connectivity index (χ3n) is 6.69. The van der Waals surface area contributed by atoms with Crippen molar-refractivity contribution in [1.29, 1.82) is 0 Å². The maximum absolute atomic E-state index is 13.7. The quantitative estimate of drug-likeness (QED) is 0.522. The first-order valence-corrected chi connectivity index (χ1v) is 12.2. The molecule has 2 aromatic carbocycles. The molecule has 0 fully saturated rings. The van der Waals surface area contributed by atoms with Gasteiger partial charge in [0.2, 0.25) is 5.91 Å². The topological polar surface area (TPSA) is 86.3 Å². The summed E-state index contributed by atoms with van der Waals surface area (Å²) in [5.74, 6) is 0.479. The number of rotatable bonds is 10. The van der Waals surface area contributed by atoms with Crippen LogP contribution in [0.4, 0.5) is 0 Å². The summed E-state index contributed by atoms with van der Waals surface area (Å²) in [7, 11) is 3.19. The van der Waals surface area contributed by atoms with Gasteiger partial charge in [0.05, 0.1) is 26.2 Å². The highest BCUT2D eigenvalue weighted by Crippen LogP contribution is 2.48. The lowest BCUT2D eigenvalue weighted by atomic mass is 9.75. The number of ether oxygens (including phenoxy) is 4. The fourth-order valence-electron chi connectivity index (χ4n) is 5.15. The molecular weight excluding hydrogens is 448 g/mol. The third kappa shape index (κ3) is 4.86. The summed E-state index contributed by atoms with van der Waals surface area (Å²) in [5, 5.41) is 3.08. The molecule has 1 N–H and O–H groups in total. The average molecular weight is 483 g/mol. The Kier molecular flexibility index (Phi) is 7.93. The summed E-state index contributed by atoms with van der Waals surface area (Å²) in [6.07, 6.45) is 0.851. The van der Waals surface area contributed by atoms with Gasteiger partial charge in [0, 0.05) is 38.3 Å². The minimum absolute atomic E-state index is 0.0529. The van der Waals surface area contributed by atoms with Crippen molar-refractivity contribution < 1.29 is 28.5 Å². The van der Waals surface area contributed by atoms with Gasteiger partial charge in [-0.05, 0) is 55.2 Å². The predicted octanol–water partition coefficient (Wildman–Crippen LogP) is 3.45. The van der Waals surface area contributed by atoms with Crippen molar-refractivity contribution in [1.82, 2.24) is 10.2 Å². The number of nitrogens with one attached hydrogen (secondary N) is 1. The summed E-state index contributed by atoms with van der Waals surface area (Å²) in [4.78, 5) is 29.0. The van der Waals surface area contributed by atoms with Crippen molar-refractivity contribution in [2.45, 2.75) is 44.9 Å². The molecule has 2 heterocycles. The maximum atomic E-state index is 13.7. The van der Waals surface area contributed by atoms with Gasteiger partial charge in [-0.2, -0.15) is 0 Å². The number of nitrogens with zero attached hydrogens (tertiary/aromatic N) is 1. The van der Waals surface area contributed by atoms with Gasteiger partial charge in [-0.25, -0.2) is 0 Å². The molecule has 0 radical (unpaired) electrons. The van der Waals surface area contributed by atoms with Gasteiger partial charge in [-0.15, -0.1) is 0 Å². The number of carbonyl (C=O) groups is 2. The van der Waals surface area contributed by atoms with Crippen LogP contribution in [-0.2, 0) is 20.7 Å². The molecule has 0 saturated carbocycles. The van der Waals surface area contributed by atoms with Crippen LogP contribution in [-0.4, -0.2) is 63.5 Å². The fraction of sp³-hybridized carbons (Fsp3) is 0.481. The minimum Gasteiger partial charge on any atom is -0.493 e. The molecule has 2 aliphatic rings. The predicted molar refractivity (Wildman–Crippen MR) is 131 cm³/mol. The van der Waals surface area contributed by atoms with E-state index in [2.05, 4.69) is 5.32 Å². The number of hydrogen-bond acceptors (Lipinski definition) is 6. The average Bonchev–Trinajstić information content (AvgIpc) is 2.88. The Morgan fingerprint density at radius 2 is 1.74 bits per heavy atom. The molecule has 4 rings (SSSR count). The van der Waals surface area contributed by atoms with Crippen LogP contribution >= 0.6 is 0 Å². The van der Waals surface area contributed by atoms with Crippen molar-refractivity contribution in [3.63, 3.8) is 0 Å². The molecule has 0 spiro atoms. The second-order valence-corrected chi connectivity index (χ2v) is 8.58. The Morgan fingerprint density at radius 3 is 2.43 bits per heavy atom. The summed E-state index contributed by atoms with van der Waals surface area (Å²) >= 11 is 0. The molecule has 0 bridgehead atoms. The lowest BCUT2D eigenvalue weighted by Gasteiger charge is -2.45. The van der Waals surface area contributed by atoms with Crippen LogP contribution in [0.25, 0.3) is 0 Å². The monoisotopic (exact) mass is 482 g/mol. The van der Waals surface area contributed by atoms with Crippen LogP contribution in [0.3, 0.4) is 0 Å². The first-order valence-electron chi connectivity index (χ1n) is 12.2. The zero-order chi connectivity index (χ0) is 24.9. The van der Waals surface area contributed by atoms with Crippen LogP contribution < -0.4 is 14.8 Å². The summed E-state index contributed by atoms with van der Waals surface area (Å²) < 4.78 is 22.3. The normalized spacial score (nSPS) is 18.5. The van der Waals surface area contributed by atoms with Crippen LogP contribution in [0.5, 0.6) is 11.5 Å². The lowest BCUT2D eigenvalue weighted by molar-refractivity contribution is -0.140. The standard InChI is InChI=1S/C27H34N2O6/c1-5-34-23(35-6-2)11-13-28-26(30)24-18-9-7-8-10-19(18)27(31)29-14-12-17-15-21(32-3)22(33-4)16-20(17)25(24)29/h7-10,15-16,23-25H,5-6,11-14H2,1-4H3,(H,28,30)/t24-,25-/m1/s1. The van der Waals surface area contributed by atoms with Crippen LogP contribution in [0.2, 0.25) is 0 Å².